The minimum absolute atomic E-state index is 0.0989. The van der Waals surface area contributed by atoms with E-state index in [0.29, 0.717) is 12.8 Å². The molecule has 0 aliphatic heterocycles. The molecule has 1 saturated carbocycles. The van der Waals surface area contributed by atoms with Crippen LogP contribution in [0.1, 0.15) is 59.3 Å². The van der Waals surface area contributed by atoms with E-state index < -0.39 is 17.3 Å². The lowest BCUT2D eigenvalue weighted by atomic mass is 9.94. The number of carbonyl (C=O) groups excluding carboxylic acids is 2. The summed E-state index contributed by atoms with van der Waals surface area (Å²) in [5.41, 5.74) is -0.480. The van der Waals surface area contributed by atoms with Gasteiger partial charge in [-0.05, 0) is 12.8 Å². The van der Waals surface area contributed by atoms with Crippen LogP contribution in [0.4, 0.5) is 0 Å². The van der Waals surface area contributed by atoms with E-state index >= 15 is 0 Å². The minimum Gasteiger partial charge on any atom is -0.481 e. The summed E-state index contributed by atoms with van der Waals surface area (Å²) in [6, 6.07) is -0.300. The van der Waals surface area contributed by atoms with Gasteiger partial charge in [0.15, 0.2) is 0 Å². The monoisotopic (exact) mass is 312 g/mol. The molecule has 1 rings (SSSR count). The number of hydrogen-bond donors (Lipinski definition) is 3. The Hall–Kier alpha value is -1.59. The smallest absolute Gasteiger partial charge is 0.308 e. The highest BCUT2D eigenvalue weighted by molar-refractivity contribution is 5.82. The molecule has 6 heteroatoms. The molecule has 0 bridgehead atoms. The zero-order valence-electron chi connectivity index (χ0n) is 13.8. The SMILES string of the molecule is CC(C)(C)C(=O)NCCC(=O)N[C@H]1CCCCC[C@H]1C(=O)O. The number of carboxylic acid groups (broad SMARTS) is 1. The van der Waals surface area contributed by atoms with Gasteiger partial charge in [0.1, 0.15) is 0 Å². The molecule has 0 aromatic carbocycles. The van der Waals surface area contributed by atoms with Gasteiger partial charge in [0, 0.05) is 24.4 Å². The first-order valence-electron chi connectivity index (χ1n) is 8.02. The van der Waals surface area contributed by atoms with Crippen LogP contribution in [0.5, 0.6) is 0 Å². The maximum Gasteiger partial charge on any atom is 0.308 e. The molecule has 0 spiro atoms. The quantitative estimate of drug-likeness (QED) is 0.673. The van der Waals surface area contributed by atoms with Gasteiger partial charge in [0.25, 0.3) is 0 Å². The van der Waals surface area contributed by atoms with Crippen molar-refractivity contribution < 1.29 is 19.5 Å². The number of amides is 2. The van der Waals surface area contributed by atoms with Crippen LogP contribution in [-0.2, 0) is 14.4 Å². The molecule has 1 aliphatic carbocycles. The first kappa shape index (κ1) is 18.5. The van der Waals surface area contributed by atoms with Crippen LogP contribution < -0.4 is 10.6 Å². The maximum atomic E-state index is 12.0. The molecule has 0 aromatic rings. The summed E-state index contributed by atoms with van der Waals surface area (Å²) in [6.45, 7) is 5.70. The van der Waals surface area contributed by atoms with Crippen molar-refractivity contribution in [1.29, 1.82) is 0 Å². The van der Waals surface area contributed by atoms with Crippen LogP contribution in [0.25, 0.3) is 0 Å². The van der Waals surface area contributed by atoms with E-state index in [9.17, 15) is 19.5 Å². The van der Waals surface area contributed by atoms with E-state index in [1.54, 1.807) is 0 Å². The van der Waals surface area contributed by atoms with Crippen molar-refractivity contribution in [1.82, 2.24) is 10.6 Å². The molecular weight excluding hydrogens is 284 g/mol. The molecule has 0 saturated heterocycles. The van der Waals surface area contributed by atoms with Gasteiger partial charge in [-0.15, -0.1) is 0 Å². The molecule has 126 valence electrons. The Morgan fingerprint density at radius 3 is 2.32 bits per heavy atom. The number of nitrogens with one attached hydrogen (secondary N) is 2. The number of carbonyl (C=O) groups is 3. The molecule has 3 N–H and O–H groups in total. The molecule has 1 fully saturated rings. The number of hydrogen-bond acceptors (Lipinski definition) is 3. The second-order valence-corrected chi connectivity index (χ2v) is 7.01. The first-order valence-corrected chi connectivity index (χ1v) is 8.02. The molecule has 22 heavy (non-hydrogen) atoms. The maximum absolute atomic E-state index is 12.0. The number of aliphatic carboxylic acids is 1. The van der Waals surface area contributed by atoms with E-state index in [2.05, 4.69) is 10.6 Å². The lowest BCUT2D eigenvalue weighted by Crippen LogP contribution is -2.44. The average Bonchev–Trinajstić information content (AvgIpc) is 2.62. The van der Waals surface area contributed by atoms with Gasteiger partial charge in [-0.2, -0.15) is 0 Å². The normalized spacial score (nSPS) is 22.5. The van der Waals surface area contributed by atoms with Gasteiger partial charge >= 0.3 is 5.97 Å². The lowest BCUT2D eigenvalue weighted by molar-refractivity contribution is -0.143. The first-order chi connectivity index (χ1) is 10.2. The third-order valence-corrected chi connectivity index (χ3v) is 4.00. The van der Waals surface area contributed by atoms with Gasteiger partial charge in [0.05, 0.1) is 5.92 Å². The Balaban J connectivity index is 2.42. The lowest BCUT2D eigenvalue weighted by Gasteiger charge is -2.23. The predicted octanol–water partition coefficient (Wildman–Crippen LogP) is 1.69. The fraction of sp³-hybridized carbons (Fsp3) is 0.812. The van der Waals surface area contributed by atoms with E-state index in [4.69, 9.17) is 0 Å². The molecule has 2 amide bonds. The van der Waals surface area contributed by atoms with E-state index in [0.717, 1.165) is 19.3 Å². The Kier molecular flexibility index (Phi) is 6.84. The number of rotatable bonds is 5. The third-order valence-electron chi connectivity index (χ3n) is 4.00. The Labute approximate surface area is 132 Å². The predicted molar refractivity (Wildman–Crippen MR) is 83.2 cm³/mol. The van der Waals surface area contributed by atoms with Gasteiger partial charge in [-0.25, -0.2) is 0 Å². The zero-order chi connectivity index (χ0) is 16.8. The zero-order valence-corrected chi connectivity index (χ0v) is 13.8. The molecule has 1 aliphatic rings. The summed E-state index contributed by atoms with van der Waals surface area (Å²) in [5.74, 6) is -1.64. The van der Waals surface area contributed by atoms with Gasteiger partial charge < -0.3 is 15.7 Å². The van der Waals surface area contributed by atoms with Crippen LogP contribution in [0.3, 0.4) is 0 Å². The van der Waals surface area contributed by atoms with Crippen molar-refractivity contribution in [3.05, 3.63) is 0 Å². The summed E-state index contributed by atoms with van der Waals surface area (Å²) in [6.07, 6.45) is 4.33. The molecule has 6 nitrogen and oxygen atoms in total. The van der Waals surface area contributed by atoms with Crippen LogP contribution in [0.15, 0.2) is 0 Å². The van der Waals surface area contributed by atoms with E-state index in [1.165, 1.54) is 0 Å². The highest BCUT2D eigenvalue weighted by atomic mass is 16.4. The van der Waals surface area contributed by atoms with Crippen molar-refractivity contribution in [2.75, 3.05) is 6.54 Å². The van der Waals surface area contributed by atoms with E-state index in [1.807, 2.05) is 20.8 Å². The van der Waals surface area contributed by atoms with Crippen molar-refractivity contribution in [2.45, 2.75) is 65.3 Å². The van der Waals surface area contributed by atoms with Gasteiger partial charge in [-0.3, -0.25) is 14.4 Å². The minimum atomic E-state index is -0.840. The molecule has 0 heterocycles. The summed E-state index contributed by atoms with van der Waals surface area (Å²) in [4.78, 5) is 35.0. The van der Waals surface area contributed by atoms with Crippen LogP contribution in [0.2, 0.25) is 0 Å². The highest BCUT2D eigenvalue weighted by Crippen LogP contribution is 2.23. The van der Waals surface area contributed by atoms with Crippen LogP contribution in [-0.4, -0.2) is 35.5 Å². The fourth-order valence-electron chi connectivity index (χ4n) is 2.61. The van der Waals surface area contributed by atoms with Gasteiger partial charge in [-0.1, -0.05) is 40.0 Å². The summed E-state index contributed by atoms with van der Waals surface area (Å²) in [5, 5.41) is 14.8. The fourth-order valence-corrected chi connectivity index (χ4v) is 2.61. The Morgan fingerprint density at radius 2 is 1.73 bits per heavy atom. The van der Waals surface area contributed by atoms with Crippen LogP contribution in [0, 0.1) is 11.3 Å². The summed E-state index contributed by atoms with van der Waals surface area (Å²) < 4.78 is 0. The van der Waals surface area contributed by atoms with E-state index in [-0.39, 0.29) is 30.8 Å². The molecule has 0 unspecified atom stereocenters. The molecule has 0 aromatic heterocycles. The van der Waals surface area contributed by atoms with Crippen molar-refractivity contribution in [3.63, 3.8) is 0 Å². The van der Waals surface area contributed by atoms with Crippen LogP contribution >= 0.6 is 0 Å². The molecular formula is C16H28N2O4. The average molecular weight is 312 g/mol. The largest absolute Gasteiger partial charge is 0.481 e. The second kappa shape index (κ2) is 8.15. The topological polar surface area (TPSA) is 95.5 Å². The van der Waals surface area contributed by atoms with Crippen molar-refractivity contribution >= 4 is 17.8 Å². The van der Waals surface area contributed by atoms with Crippen molar-refractivity contribution in [3.8, 4) is 0 Å². The summed E-state index contributed by atoms with van der Waals surface area (Å²) >= 11 is 0. The second-order valence-electron chi connectivity index (χ2n) is 7.01. The van der Waals surface area contributed by atoms with Gasteiger partial charge in [0.2, 0.25) is 11.8 Å². The summed E-state index contributed by atoms with van der Waals surface area (Å²) in [7, 11) is 0. The standard InChI is InChI=1S/C16H28N2O4/c1-16(2,3)15(22)17-10-9-13(19)18-12-8-6-4-5-7-11(12)14(20)21/h11-12H,4-10H2,1-3H3,(H,17,22)(H,18,19)(H,20,21)/t11-,12+/m1/s1. The van der Waals surface area contributed by atoms with Crippen molar-refractivity contribution in [2.24, 2.45) is 11.3 Å². The Bertz CT molecular complexity index is 415. The molecule has 2 atom stereocenters. The third kappa shape index (κ3) is 6.03. The molecule has 0 radical (unpaired) electrons. The Morgan fingerprint density at radius 1 is 1.09 bits per heavy atom. The number of carboxylic acids is 1. The highest BCUT2D eigenvalue weighted by Gasteiger charge is 2.30.